The molecule has 0 aromatic rings. The third-order valence-corrected chi connectivity index (χ3v) is 3.04. The molecule has 112 valence electrons. The summed E-state index contributed by atoms with van der Waals surface area (Å²) >= 11 is 0. The van der Waals surface area contributed by atoms with E-state index in [4.69, 9.17) is 10.2 Å². The Morgan fingerprint density at radius 1 is 1.32 bits per heavy atom. The number of carbonyl (C=O) groups is 2. The fourth-order valence-electron chi connectivity index (χ4n) is 1.34. The summed E-state index contributed by atoms with van der Waals surface area (Å²) in [5.41, 5.74) is -0.568. The number of sulfonamides is 1. The summed E-state index contributed by atoms with van der Waals surface area (Å²) in [6.07, 6.45) is -0.181. The van der Waals surface area contributed by atoms with Gasteiger partial charge < -0.3 is 15.3 Å². The van der Waals surface area contributed by atoms with Crippen molar-refractivity contribution < 1.29 is 23.1 Å². The average Bonchev–Trinajstić information content (AvgIpc) is 2.12. The monoisotopic (exact) mass is 295 g/mol. The normalized spacial score (nSPS) is 12.0. The van der Waals surface area contributed by atoms with E-state index in [1.165, 1.54) is 4.90 Å². The molecule has 0 heterocycles. The predicted octanol–water partition coefficient (Wildman–Crippen LogP) is -0.440. The molecule has 0 saturated carbocycles. The van der Waals surface area contributed by atoms with E-state index < -0.39 is 27.6 Å². The summed E-state index contributed by atoms with van der Waals surface area (Å²) in [5.74, 6) is -1.37. The van der Waals surface area contributed by atoms with Crippen molar-refractivity contribution in [1.29, 1.82) is 0 Å². The van der Waals surface area contributed by atoms with E-state index in [9.17, 15) is 18.0 Å². The van der Waals surface area contributed by atoms with Crippen molar-refractivity contribution in [3.63, 3.8) is 0 Å². The maximum absolute atomic E-state index is 11.9. The highest BCUT2D eigenvalue weighted by atomic mass is 32.2. The van der Waals surface area contributed by atoms with Gasteiger partial charge in [-0.05, 0) is 20.8 Å². The molecule has 0 saturated heterocycles. The molecule has 9 heteroatoms. The molecule has 19 heavy (non-hydrogen) atoms. The zero-order valence-corrected chi connectivity index (χ0v) is 12.2. The van der Waals surface area contributed by atoms with Crippen LogP contribution in [-0.4, -0.2) is 54.8 Å². The Balaban J connectivity index is 4.52. The number of carboxylic acids is 1. The molecule has 0 radical (unpaired) electrons. The minimum atomic E-state index is -3.63. The van der Waals surface area contributed by atoms with Crippen LogP contribution in [-0.2, 0) is 14.8 Å². The lowest BCUT2D eigenvalue weighted by molar-refractivity contribution is -0.137. The molecule has 2 amide bonds. The van der Waals surface area contributed by atoms with Gasteiger partial charge in [-0.15, -0.1) is 0 Å². The van der Waals surface area contributed by atoms with Gasteiger partial charge in [-0.3, -0.25) is 4.79 Å². The van der Waals surface area contributed by atoms with Gasteiger partial charge in [0.2, 0.25) is 10.0 Å². The number of nitrogens with two attached hydrogens (primary N) is 1. The van der Waals surface area contributed by atoms with E-state index in [0.29, 0.717) is 0 Å². The van der Waals surface area contributed by atoms with Crippen LogP contribution >= 0.6 is 0 Å². The van der Waals surface area contributed by atoms with E-state index in [-0.39, 0.29) is 25.3 Å². The smallest absolute Gasteiger partial charge is 0.317 e. The average molecular weight is 295 g/mol. The van der Waals surface area contributed by atoms with Gasteiger partial charge in [0, 0.05) is 18.6 Å². The Bertz CT molecular complexity index is 427. The molecular weight excluding hydrogens is 274 g/mol. The van der Waals surface area contributed by atoms with Crippen molar-refractivity contribution in [2.75, 3.05) is 18.8 Å². The van der Waals surface area contributed by atoms with E-state index in [1.54, 1.807) is 20.8 Å². The molecule has 0 rings (SSSR count). The molecule has 0 fully saturated rings. The van der Waals surface area contributed by atoms with Crippen LogP contribution in [0, 0.1) is 0 Å². The van der Waals surface area contributed by atoms with Crippen LogP contribution in [0.25, 0.3) is 0 Å². The highest BCUT2D eigenvalue weighted by molar-refractivity contribution is 7.89. The second kappa shape index (κ2) is 6.71. The lowest BCUT2D eigenvalue weighted by Gasteiger charge is -2.35. The lowest BCUT2D eigenvalue weighted by atomic mass is 10.1. The minimum Gasteiger partial charge on any atom is -0.481 e. The standard InChI is InChI=1S/C10H21N3O5S/c1-10(2,3)13(6-4-8(14)15)9(16)12-5-7-19(11,17)18/h4-7H2,1-3H3,(H,12,16)(H,14,15)(H2,11,17,18). The molecule has 0 unspecified atom stereocenters. The van der Waals surface area contributed by atoms with Gasteiger partial charge in [0.25, 0.3) is 0 Å². The van der Waals surface area contributed by atoms with Gasteiger partial charge in [0.1, 0.15) is 0 Å². The van der Waals surface area contributed by atoms with Gasteiger partial charge >= 0.3 is 12.0 Å². The number of carbonyl (C=O) groups excluding carboxylic acids is 1. The first kappa shape index (κ1) is 17.6. The number of amides is 2. The zero-order valence-electron chi connectivity index (χ0n) is 11.3. The Labute approximate surface area is 113 Å². The Morgan fingerprint density at radius 3 is 2.21 bits per heavy atom. The molecule has 4 N–H and O–H groups in total. The fraction of sp³-hybridized carbons (Fsp3) is 0.800. The fourth-order valence-corrected chi connectivity index (χ4v) is 1.73. The van der Waals surface area contributed by atoms with Crippen LogP contribution in [0.5, 0.6) is 0 Å². The largest absolute Gasteiger partial charge is 0.481 e. The van der Waals surface area contributed by atoms with Crippen LogP contribution in [0.2, 0.25) is 0 Å². The molecule has 8 nitrogen and oxygen atoms in total. The summed E-state index contributed by atoms with van der Waals surface area (Å²) in [6, 6.07) is -0.516. The van der Waals surface area contributed by atoms with Crippen molar-refractivity contribution in [3.8, 4) is 0 Å². The maximum atomic E-state index is 11.9. The number of hydrogen-bond acceptors (Lipinski definition) is 4. The molecule has 0 aliphatic carbocycles. The van der Waals surface area contributed by atoms with Crippen molar-refractivity contribution in [2.45, 2.75) is 32.7 Å². The van der Waals surface area contributed by atoms with Crippen LogP contribution in [0.15, 0.2) is 0 Å². The molecule has 0 aliphatic heterocycles. The van der Waals surface area contributed by atoms with Gasteiger partial charge in [-0.2, -0.15) is 0 Å². The summed E-state index contributed by atoms with van der Waals surface area (Å²) in [7, 11) is -3.63. The van der Waals surface area contributed by atoms with E-state index in [2.05, 4.69) is 5.32 Å². The quantitative estimate of drug-likeness (QED) is 0.611. The highest BCUT2D eigenvalue weighted by Gasteiger charge is 2.26. The highest BCUT2D eigenvalue weighted by Crippen LogP contribution is 2.13. The number of hydrogen-bond donors (Lipinski definition) is 3. The van der Waals surface area contributed by atoms with Gasteiger partial charge in [0.15, 0.2) is 0 Å². The topological polar surface area (TPSA) is 130 Å². The SMILES string of the molecule is CC(C)(C)N(CCC(=O)O)C(=O)NCCS(N)(=O)=O. The molecule has 0 aromatic heterocycles. The summed E-state index contributed by atoms with van der Waals surface area (Å²) in [4.78, 5) is 23.8. The summed E-state index contributed by atoms with van der Waals surface area (Å²) in [5, 5.41) is 15.9. The van der Waals surface area contributed by atoms with Crippen molar-refractivity contribution in [1.82, 2.24) is 10.2 Å². The van der Waals surface area contributed by atoms with Crippen LogP contribution in [0.4, 0.5) is 4.79 Å². The minimum absolute atomic E-state index is 0.0417. The second-order valence-electron chi connectivity index (χ2n) is 5.07. The van der Waals surface area contributed by atoms with Crippen LogP contribution in [0.3, 0.4) is 0 Å². The van der Waals surface area contributed by atoms with Gasteiger partial charge in [-0.1, -0.05) is 0 Å². The predicted molar refractivity (Wildman–Crippen MR) is 70.1 cm³/mol. The number of rotatable bonds is 6. The van der Waals surface area contributed by atoms with E-state index >= 15 is 0 Å². The third-order valence-electron chi connectivity index (χ3n) is 2.27. The molecule has 0 atom stereocenters. The second-order valence-corrected chi connectivity index (χ2v) is 6.80. The molecule has 0 aromatic carbocycles. The van der Waals surface area contributed by atoms with E-state index in [0.717, 1.165) is 0 Å². The molecule has 0 aliphatic rings. The number of nitrogens with zero attached hydrogens (tertiary/aromatic N) is 1. The molecular formula is C10H21N3O5S. The van der Waals surface area contributed by atoms with Gasteiger partial charge in [0.05, 0.1) is 12.2 Å². The van der Waals surface area contributed by atoms with Crippen molar-refractivity contribution >= 4 is 22.0 Å². The molecule has 0 bridgehead atoms. The number of primary sulfonamides is 1. The molecule has 0 spiro atoms. The summed E-state index contributed by atoms with van der Waals surface area (Å²) < 4.78 is 21.5. The zero-order chi connectivity index (χ0) is 15.3. The van der Waals surface area contributed by atoms with Crippen molar-refractivity contribution in [3.05, 3.63) is 0 Å². The first-order valence-corrected chi connectivity index (χ1v) is 7.43. The first-order valence-electron chi connectivity index (χ1n) is 5.71. The third kappa shape index (κ3) is 8.38. The van der Waals surface area contributed by atoms with Crippen LogP contribution in [0.1, 0.15) is 27.2 Å². The number of carboxylic acid groups (broad SMARTS) is 1. The van der Waals surface area contributed by atoms with Crippen LogP contribution < -0.4 is 10.5 Å². The Hall–Kier alpha value is -1.35. The lowest BCUT2D eigenvalue weighted by Crippen LogP contribution is -2.51. The Morgan fingerprint density at radius 2 is 1.84 bits per heavy atom. The van der Waals surface area contributed by atoms with E-state index in [1.807, 2.05) is 0 Å². The van der Waals surface area contributed by atoms with Gasteiger partial charge in [-0.25, -0.2) is 18.4 Å². The number of urea groups is 1. The maximum Gasteiger partial charge on any atom is 0.317 e. The number of aliphatic carboxylic acids is 1. The number of nitrogens with one attached hydrogen (secondary N) is 1. The van der Waals surface area contributed by atoms with Crippen molar-refractivity contribution in [2.24, 2.45) is 5.14 Å². The summed E-state index contributed by atoms with van der Waals surface area (Å²) in [6.45, 7) is 5.20. The Kier molecular flexibility index (Phi) is 6.23. The first-order chi connectivity index (χ1) is 8.43.